The topological polar surface area (TPSA) is 49.6 Å². The van der Waals surface area contributed by atoms with E-state index in [9.17, 15) is 4.79 Å². The van der Waals surface area contributed by atoms with E-state index in [1.807, 2.05) is 24.3 Å². The summed E-state index contributed by atoms with van der Waals surface area (Å²) in [7, 11) is 2.24. The number of rotatable bonds is 4. The Bertz CT molecular complexity index is 499. The average Bonchev–Trinajstić information content (AvgIpc) is 2.87. The number of primary amides is 1. The van der Waals surface area contributed by atoms with Crippen LogP contribution in [0.3, 0.4) is 0 Å². The summed E-state index contributed by atoms with van der Waals surface area (Å²) < 4.78 is 0. The van der Waals surface area contributed by atoms with Crippen LogP contribution >= 0.6 is 0 Å². The lowest BCUT2D eigenvalue weighted by molar-refractivity contribution is 0.100. The zero-order chi connectivity index (χ0) is 14.8. The van der Waals surface area contributed by atoms with Gasteiger partial charge in [0.25, 0.3) is 0 Å². The predicted octanol–water partition coefficient (Wildman–Crippen LogP) is 1.21. The molecule has 4 nitrogen and oxygen atoms in total. The summed E-state index contributed by atoms with van der Waals surface area (Å²) in [5.41, 5.74) is 7.14. The quantitative estimate of drug-likeness (QED) is 0.905. The Kier molecular flexibility index (Phi) is 4.27. The van der Waals surface area contributed by atoms with Crippen LogP contribution in [0.25, 0.3) is 0 Å². The molecule has 2 saturated heterocycles. The molecule has 1 aromatic rings. The number of amides is 1. The van der Waals surface area contributed by atoms with E-state index in [0.29, 0.717) is 5.56 Å². The summed E-state index contributed by atoms with van der Waals surface area (Å²) in [4.78, 5) is 16.1. The lowest BCUT2D eigenvalue weighted by Gasteiger charge is -2.31. The molecule has 2 fully saturated rings. The number of hydrogen-bond donors (Lipinski definition) is 1. The van der Waals surface area contributed by atoms with E-state index in [1.54, 1.807) is 0 Å². The number of benzene rings is 1. The van der Waals surface area contributed by atoms with E-state index in [2.05, 4.69) is 16.8 Å². The molecule has 1 amide bonds. The average molecular weight is 287 g/mol. The molecular weight excluding hydrogens is 262 g/mol. The van der Waals surface area contributed by atoms with Gasteiger partial charge in [0.2, 0.25) is 5.91 Å². The Morgan fingerprint density at radius 3 is 2.62 bits per heavy atom. The van der Waals surface area contributed by atoms with Crippen LogP contribution in [0, 0.1) is 11.8 Å². The van der Waals surface area contributed by atoms with Crippen molar-refractivity contribution >= 4 is 5.91 Å². The smallest absolute Gasteiger partial charge is 0.248 e. The van der Waals surface area contributed by atoms with E-state index in [-0.39, 0.29) is 5.91 Å². The molecule has 4 heteroatoms. The van der Waals surface area contributed by atoms with Gasteiger partial charge < -0.3 is 15.5 Å². The van der Waals surface area contributed by atoms with Gasteiger partial charge in [-0.2, -0.15) is 0 Å². The third-order valence-electron chi connectivity index (χ3n) is 5.04. The monoisotopic (exact) mass is 287 g/mol. The van der Waals surface area contributed by atoms with Crippen molar-refractivity contribution in [1.82, 2.24) is 9.80 Å². The second-order valence-corrected chi connectivity index (χ2v) is 6.64. The molecule has 0 radical (unpaired) electrons. The highest BCUT2D eigenvalue weighted by molar-refractivity contribution is 5.92. The first-order valence-corrected chi connectivity index (χ1v) is 7.91. The standard InChI is InChI=1S/C17H25N3O/c1-19-8-7-15-11-20(12-16(15)10-19)9-6-13-2-4-14(5-3-13)17(18)21/h2-5,15-16H,6-12H2,1H3,(H2,18,21)/t15-,16+/m1/s1. The Labute approximate surface area is 126 Å². The third kappa shape index (κ3) is 3.44. The first-order chi connectivity index (χ1) is 10.1. The molecule has 0 aromatic heterocycles. The fourth-order valence-corrected chi connectivity index (χ4v) is 3.75. The van der Waals surface area contributed by atoms with E-state index in [4.69, 9.17) is 5.73 Å². The van der Waals surface area contributed by atoms with Crippen molar-refractivity contribution in [1.29, 1.82) is 0 Å². The van der Waals surface area contributed by atoms with Crippen LogP contribution in [0.4, 0.5) is 0 Å². The fraction of sp³-hybridized carbons (Fsp3) is 0.588. The molecule has 1 aromatic carbocycles. The predicted molar refractivity (Wildman–Crippen MR) is 84.2 cm³/mol. The van der Waals surface area contributed by atoms with Crippen LogP contribution in [0.2, 0.25) is 0 Å². The molecule has 3 rings (SSSR count). The van der Waals surface area contributed by atoms with E-state index < -0.39 is 0 Å². The Morgan fingerprint density at radius 1 is 1.19 bits per heavy atom. The van der Waals surface area contributed by atoms with Crippen molar-refractivity contribution < 1.29 is 4.79 Å². The lowest BCUT2D eigenvalue weighted by Crippen LogP contribution is -2.37. The van der Waals surface area contributed by atoms with Crippen molar-refractivity contribution in [3.8, 4) is 0 Å². The van der Waals surface area contributed by atoms with Crippen molar-refractivity contribution in [2.75, 3.05) is 39.8 Å². The zero-order valence-corrected chi connectivity index (χ0v) is 12.8. The van der Waals surface area contributed by atoms with Crippen LogP contribution in [-0.2, 0) is 6.42 Å². The number of nitrogens with two attached hydrogens (primary N) is 1. The van der Waals surface area contributed by atoms with E-state index >= 15 is 0 Å². The minimum atomic E-state index is -0.353. The largest absolute Gasteiger partial charge is 0.366 e. The molecule has 2 aliphatic heterocycles. The number of nitrogens with zero attached hydrogens (tertiary/aromatic N) is 2. The Morgan fingerprint density at radius 2 is 1.90 bits per heavy atom. The van der Waals surface area contributed by atoms with E-state index in [1.165, 1.54) is 38.2 Å². The highest BCUT2D eigenvalue weighted by atomic mass is 16.1. The molecule has 21 heavy (non-hydrogen) atoms. The van der Waals surface area contributed by atoms with Gasteiger partial charge in [0.05, 0.1) is 0 Å². The van der Waals surface area contributed by atoms with Crippen molar-refractivity contribution in [2.24, 2.45) is 17.6 Å². The first kappa shape index (κ1) is 14.5. The second kappa shape index (κ2) is 6.16. The Balaban J connectivity index is 1.50. The van der Waals surface area contributed by atoms with Gasteiger partial charge in [-0.05, 0) is 56.0 Å². The summed E-state index contributed by atoms with van der Waals surface area (Å²) >= 11 is 0. The van der Waals surface area contributed by atoms with Crippen molar-refractivity contribution in [3.63, 3.8) is 0 Å². The van der Waals surface area contributed by atoms with Gasteiger partial charge in [0.1, 0.15) is 0 Å². The molecule has 114 valence electrons. The molecular formula is C17H25N3O. The second-order valence-electron chi connectivity index (χ2n) is 6.64. The number of hydrogen-bond acceptors (Lipinski definition) is 3. The van der Waals surface area contributed by atoms with Crippen molar-refractivity contribution in [3.05, 3.63) is 35.4 Å². The SMILES string of the molecule is CN1CC[C@@H]2CN(CCc3ccc(C(N)=O)cc3)C[C@@H]2C1. The maximum atomic E-state index is 11.1. The van der Waals surface area contributed by atoms with Gasteiger partial charge in [-0.3, -0.25) is 4.79 Å². The highest BCUT2D eigenvalue weighted by Crippen LogP contribution is 2.30. The number of carbonyl (C=O) groups excluding carboxylic acids is 1. The molecule has 0 unspecified atom stereocenters. The molecule has 0 bridgehead atoms. The molecule has 2 heterocycles. The first-order valence-electron chi connectivity index (χ1n) is 7.91. The minimum absolute atomic E-state index is 0.353. The molecule has 2 atom stereocenters. The third-order valence-corrected chi connectivity index (χ3v) is 5.04. The number of likely N-dealkylation sites (tertiary alicyclic amines) is 2. The van der Waals surface area contributed by atoms with Gasteiger partial charge in [-0.25, -0.2) is 0 Å². The number of fused-ring (bicyclic) bond motifs is 1. The molecule has 2 N–H and O–H groups in total. The van der Waals surface area contributed by atoms with Crippen LogP contribution in [-0.4, -0.2) is 55.5 Å². The molecule has 0 spiro atoms. The summed E-state index contributed by atoms with van der Waals surface area (Å²) in [6.07, 6.45) is 2.40. The van der Waals surface area contributed by atoms with Crippen molar-refractivity contribution in [2.45, 2.75) is 12.8 Å². The van der Waals surface area contributed by atoms with Gasteiger partial charge in [-0.15, -0.1) is 0 Å². The van der Waals surface area contributed by atoms with Crippen LogP contribution in [0.15, 0.2) is 24.3 Å². The van der Waals surface area contributed by atoms with Gasteiger partial charge in [-0.1, -0.05) is 12.1 Å². The van der Waals surface area contributed by atoms with Gasteiger partial charge >= 0.3 is 0 Å². The maximum absolute atomic E-state index is 11.1. The molecule has 2 aliphatic rings. The van der Waals surface area contributed by atoms with Gasteiger partial charge in [0.15, 0.2) is 0 Å². The summed E-state index contributed by atoms with van der Waals surface area (Å²) in [6.45, 7) is 6.14. The fourth-order valence-electron chi connectivity index (χ4n) is 3.75. The summed E-state index contributed by atoms with van der Waals surface area (Å²) in [5.74, 6) is 1.41. The zero-order valence-electron chi connectivity index (χ0n) is 12.8. The highest BCUT2D eigenvalue weighted by Gasteiger charge is 2.35. The Hall–Kier alpha value is -1.39. The summed E-state index contributed by atoms with van der Waals surface area (Å²) in [5, 5.41) is 0. The van der Waals surface area contributed by atoms with E-state index in [0.717, 1.165) is 24.8 Å². The number of piperidine rings is 1. The molecule has 0 aliphatic carbocycles. The number of carbonyl (C=O) groups is 1. The summed E-state index contributed by atoms with van der Waals surface area (Å²) in [6, 6.07) is 7.71. The lowest BCUT2D eigenvalue weighted by atomic mass is 9.89. The molecule has 0 saturated carbocycles. The van der Waals surface area contributed by atoms with Crippen LogP contribution < -0.4 is 5.73 Å². The maximum Gasteiger partial charge on any atom is 0.248 e. The van der Waals surface area contributed by atoms with Crippen LogP contribution in [0.1, 0.15) is 22.3 Å². The normalized spacial score (nSPS) is 26.7. The van der Waals surface area contributed by atoms with Gasteiger partial charge in [0, 0.05) is 31.7 Å². The minimum Gasteiger partial charge on any atom is -0.366 e. The van der Waals surface area contributed by atoms with Crippen LogP contribution in [0.5, 0.6) is 0 Å².